The standard InChI is InChI=1S/C16H15ClF3N3O/c17-12-4-6-13(7-5-12)22-15(24)23(9-8-21)14-3-1-2-11(10-14)16(18,19)20/h1-7,10H,8-9,21H2,(H,22,24). The zero-order chi connectivity index (χ0) is 17.7. The molecule has 128 valence electrons. The number of hydrogen-bond acceptors (Lipinski definition) is 2. The highest BCUT2D eigenvalue weighted by Crippen LogP contribution is 2.31. The van der Waals surface area contributed by atoms with Crippen LogP contribution in [0, 0.1) is 0 Å². The van der Waals surface area contributed by atoms with E-state index in [4.69, 9.17) is 17.3 Å². The van der Waals surface area contributed by atoms with Crippen molar-refractivity contribution >= 4 is 29.0 Å². The summed E-state index contributed by atoms with van der Waals surface area (Å²) in [6.07, 6.45) is -4.49. The highest BCUT2D eigenvalue weighted by atomic mass is 35.5. The van der Waals surface area contributed by atoms with Crippen molar-refractivity contribution in [3.05, 3.63) is 59.1 Å². The van der Waals surface area contributed by atoms with Crippen molar-refractivity contribution in [2.75, 3.05) is 23.3 Å². The Morgan fingerprint density at radius 1 is 1.17 bits per heavy atom. The van der Waals surface area contributed by atoms with Crippen LogP contribution in [-0.4, -0.2) is 19.1 Å². The fraction of sp³-hybridized carbons (Fsp3) is 0.188. The highest BCUT2D eigenvalue weighted by molar-refractivity contribution is 6.30. The van der Waals surface area contributed by atoms with E-state index in [1.165, 1.54) is 12.1 Å². The van der Waals surface area contributed by atoms with Gasteiger partial charge in [-0.2, -0.15) is 13.2 Å². The Labute approximate surface area is 142 Å². The summed E-state index contributed by atoms with van der Waals surface area (Å²) < 4.78 is 38.5. The molecular formula is C16H15ClF3N3O. The molecule has 0 unspecified atom stereocenters. The van der Waals surface area contributed by atoms with E-state index in [-0.39, 0.29) is 18.8 Å². The molecule has 0 fully saturated rings. The van der Waals surface area contributed by atoms with Crippen LogP contribution in [0.4, 0.5) is 29.3 Å². The van der Waals surface area contributed by atoms with Crippen molar-refractivity contribution in [2.24, 2.45) is 5.73 Å². The number of carbonyl (C=O) groups is 1. The number of nitrogens with one attached hydrogen (secondary N) is 1. The Balaban J connectivity index is 2.25. The van der Waals surface area contributed by atoms with E-state index >= 15 is 0 Å². The second-order valence-corrected chi connectivity index (χ2v) is 5.36. The van der Waals surface area contributed by atoms with Crippen LogP contribution in [0.25, 0.3) is 0 Å². The van der Waals surface area contributed by atoms with Gasteiger partial charge in [-0.05, 0) is 42.5 Å². The van der Waals surface area contributed by atoms with Crippen molar-refractivity contribution in [3.63, 3.8) is 0 Å². The summed E-state index contributed by atoms with van der Waals surface area (Å²) >= 11 is 5.77. The lowest BCUT2D eigenvalue weighted by atomic mass is 10.2. The number of rotatable bonds is 4. The van der Waals surface area contributed by atoms with Crippen molar-refractivity contribution in [1.82, 2.24) is 0 Å². The minimum Gasteiger partial charge on any atom is -0.329 e. The number of alkyl halides is 3. The third-order valence-electron chi connectivity index (χ3n) is 3.18. The van der Waals surface area contributed by atoms with Gasteiger partial charge >= 0.3 is 12.2 Å². The van der Waals surface area contributed by atoms with E-state index in [0.29, 0.717) is 10.7 Å². The van der Waals surface area contributed by atoms with Gasteiger partial charge in [-0.25, -0.2) is 4.79 Å². The van der Waals surface area contributed by atoms with Crippen LogP contribution >= 0.6 is 11.6 Å². The van der Waals surface area contributed by atoms with Gasteiger partial charge in [-0.3, -0.25) is 4.90 Å². The van der Waals surface area contributed by atoms with Crippen molar-refractivity contribution in [2.45, 2.75) is 6.18 Å². The fourth-order valence-corrected chi connectivity index (χ4v) is 2.18. The molecule has 24 heavy (non-hydrogen) atoms. The van der Waals surface area contributed by atoms with Gasteiger partial charge in [-0.15, -0.1) is 0 Å². The molecule has 2 aromatic carbocycles. The summed E-state index contributed by atoms with van der Waals surface area (Å²) in [5.74, 6) is 0. The maximum atomic E-state index is 12.8. The molecule has 0 spiro atoms. The molecule has 0 saturated heterocycles. The van der Waals surface area contributed by atoms with Gasteiger partial charge in [0.05, 0.1) is 5.56 Å². The van der Waals surface area contributed by atoms with Crippen LogP contribution in [0.5, 0.6) is 0 Å². The number of nitrogens with two attached hydrogens (primary N) is 1. The summed E-state index contributed by atoms with van der Waals surface area (Å²) in [6, 6.07) is 10.3. The number of nitrogens with zero attached hydrogens (tertiary/aromatic N) is 1. The normalized spacial score (nSPS) is 11.2. The Morgan fingerprint density at radius 2 is 1.83 bits per heavy atom. The van der Waals surface area contributed by atoms with Crippen LogP contribution in [0.15, 0.2) is 48.5 Å². The van der Waals surface area contributed by atoms with Crippen molar-refractivity contribution < 1.29 is 18.0 Å². The largest absolute Gasteiger partial charge is 0.416 e. The summed E-state index contributed by atoms with van der Waals surface area (Å²) in [5, 5.41) is 3.11. The lowest BCUT2D eigenvalue weighted by Crippen LogP contribution is -2.38. The predicted molar refractivity (Wildman–Crippen MR) is 88.3 cm³/mol. The van der Waals surface area contributed by atoms with Crippen LogP contribution in [0.2, 0.25) is 5.02 Å². The van der Waals surface area contributed by atoms with Crippen molar-refractivity contribution in [1.29, 1.82) is 0 Å². The summed E-state index contributed by atoms with van der Waals surface area (Å²) in [6.45, 7) is 0.172. The van der Waals surface area contributed by atoms with E-state index in [2.05, 4.69) is 5.32 Å². The molecule has 4 nitrogen and oxygen atoms in total. The van der Waals surface area contributed by atoms with E-state index < -0.39 is 17.8 Å². The van der Waals surface area contributed by atoms with Crippen LogP contribution in [-0.2, 0) is 6.18 Å². The first kappa shape index (κ1) is 18.1. The average molecular weight is 358 g/mol. The number of carbonyl (C=O) groups excluding carboxylic acids is 1. The highest BCUT2D eigenvalue weighted by Gasteiger charge is 2.31. The fourth-order valence-electron chi connectivity index (χ4n) is 2.05. The molecule has 0 saturated carbocycles. The van der Waals surface area contributed by atoms with Crippen LogP contribution in [0.1, 0.15) is 5.56 Å². The molecule has 0 bridgehead atoms. The third-order valence-corrected chi connectivity index (χ3v) is 3.43. The molecule has 0 aromatic heterocycles. The number of benzene rings is 2. The summed E-state index contributed by atoms with van der Waals surface area (Å²) in [5.41, 5.74) is 5.23. The zero-order valence-corrected chi connectivity index (χ0v) is 13.2. The molecule has 0 radical (unpaired) electrons. The molecule has 0 heterocycles. The second kappa shape index (κ2) is 7.55. The monoisotopic (exact) mass is 357 g/mol. The number of amides is 2. The average Bonchev–Trinajstić information content (AvgIpc) is 2.54. The third kappa shape index (κ3) is 4.62. The zero-order valence-electron chi connectivity index (χ0n) is 12.5. The summed E-state index contributed by atoms with van der Waals surface area (Å²) in [7, 11) is 0. The Bertz CT molecular complexity index is 704. The smallest absolute Gasteiger partial charge is 0.329 e. The number of halogens is 4. The van der Waals surface area contributed by atoms with E-state index in [0.717, 1.165) is 17.0 Å². The quantitative estimate of drug-likeness (QED) is 0.854. The maximum Gasteiger partial charge on any atom is 0.416 e. The number of urea groups is 1. The molecule has 0 aliphatic heterocycles. The van der Waals surface area contributed by atoms with Gasteiger partial charge in [0.2, 0.25) is 0 Å². The predicted octanol–water partition coefficient (Wildman–Crippen LogP) is 4.36. The SMILES string of the molecule is NCCN(C(=O)Nc1ccc(Cl)cc1)c1cccc(C(F)(F)F)c1. The lowest BCUT2D eigenvalue weighted by molar-refractivity contribution is -0.137. The first-order valence-corrected chi connectivity index (χ1v) is 7.40. The Hall–Kier alpha value is -2.25. The number of anilines is 2. The minimum atomic E-state index is -4.49. The van der Waals surface area contributed by atoms with Gasteiger partial charge in [-0.1, -0.05) is 17.7 Å². The topological polar surface area (TPSA) is 58.4 Å². The Morgan fingerprint density at radius 3 is 2.42 bits per heavy atom. The van der Waals surface area contributed by atoms with E-state index in [9.17, 15) is 18.0 Å². The second-order valence-electron chi connectivity index (χ2n) is 4.93. The molecule has 8 heteroatoms. The van der Waals surface area contributed by atoms with Crippen LogP contribution < -0.4 is 16.0 Å². The van der Waals surface area contributed by atoms with Gasteiger partial charge in [0.15, 0.2) is 0 Å². The maximum absolute atomic E-state index is 12.8. The summed E-state index contributed by atoms with van der Waals surface area (Å²) in [4.78, 5) is 13.6. The van der Waals surface area contributed by atoms with Gasteiger partial charge in [0.1, 0.15) is 0 Å². The van der Waals surface area contributed by atoms with Crippen LogP contribution in [0.3, 0.4) is 0 Å². The number of hydrogen-bond donors (Lipinski definition) is 2. The molecular weight excluding hydrogens is 343 g/mol. The molecule has 0 atom stereocenters. The van der Waals surface area contributed by atoms with Gasteiger partial charge in [0.25, 0.3) is 0 Å². The van der Waals surface area contributed by atoms with Gasteiger partial charge in [0, 0.05) is 29.5 Å². The first-order valence-electron chi connectivity index (χ1n) is 7.02. The molecule has 0 aliphatic rings. The molecule has 3 N–H and O–H groups in total. The van der Waals surface area contributed by atoms with E-state index in [1.54, 1.807) is 24.3 Å². The molecule has 2 amide bonds. The minimum absolute atomic E-state index is 0.0702. The van der Waals surface area contributed by atoms with Crippen molar-refractivity contribution in [3.8, 4) is 0 Å². The lowest BCUT2D eigenvalue weighted by Gasteiger charge is -2.23. The molecule has 2 aromatic rings. The van der Waals surface area contributed by atoms with Gasteiger partial charge < -0.3 is 11.1 Å². The molecule has 0 aliphatic carbocycles. The first-order chi connectivity index (χ1) is 11.3. The Kier molecular flexibility index (Phi) is 5.69. The molecule has 2 rings (SSSR count). The van der Waals surface area contributed by atoms with E-state index in [1.807, 2.05) is 0 Å².